The molecule has 160 valence electrons. The molecular formula is C23H19Cl3N2O3. The molecule has 3 aromatic carbocycles. The van der Waals surface area contributed by atoms with Crippen LogP contribution in [0.5, 0.6) is 11.5 Å². The van der Waals surface area contributed by atoms with Gasteiger partial charge in [0.15, 0.2) is 0 Å². The normalized spacial score (nSPS) is 10.5. The first kappa shape index (κ1) is 22.9. The lowest BCUT2D eigenvalue weighted by Gasteiger charge is -2.17. The van der Waals surface area contributed by atoms with Crippen molar-refractivity contribution in [2.24, 2.45) is 0 Å². The van der Waals surface area contributed by atoms with E-state index < -0.39 is 11.9 Å². The molecule has 0 aliphatic carbocycles. The van der Waals surface area contributed by atoms with Gasteiger partial charge in [-0.1, -0.05) is 46.9 Å². The second-order valence-electron chi connectivity index (χ2n) is 6.91. The van der Waals surface area contributed by atoms with Crippen molar-refractivity contribution in [2.75, 3.05) is 5.32 Å². The fourth-order valence-corrected chi connectivity index (χ4v) is 3.65. The molecule has 3 rings (SSSR count). The van der Waals surface area contributed by atoms with Crippen LogP contribution in [0.25, 0.3) is 0 Å². The zero-order valence-corrected chi connectivity index (χ0v) is 19.2. The Morgan fingerprint density at radius 1 is 0.903 bits per heavy atom. The number of hydrogen-bond donors (Lipinski definition) is 2. The first-order valence-electron chi connectivity index (χ1n) is 9.28. The monoisotopic (exact) mass is 476 g/mol. The molecule has 5 nitrogen and oxygen atoms in total. The predicted molar refractivity (Wildman–Crippen MR) is 125 cm³/mol. The van der Waals surface area contributed by atoms with Crippen LogP contribution in [0.2, 0.25) is 15.1 Å². The van der Waals surface area contributed by atoms with E-state index in [0.29, 0.717) is 38.4 Å². The maximum absolute atomic E-state index is 12.4. The highest BCUT2D eigenvalue weighted by Gasteiger charge is 2.18. The lowest BCUT2D eigenvalue weighted by molar-refractivity contribution is 0.0967. The topological polar surface area (TPSA) is 67.4 Å². The minimum absolute atomic E-state index is 0.201. The maximum atomic E-state index is 12.4. The van der Waals surface area contributed by atoms with E-state index >= 15 is 0 Å². The third kappa shape index (κ3) is 5.31. The number of halogens is 3. The number of aryl methyl sites for hydroxylation is 2. The molecule has 2 N–H and O–H groups in total. The molecule has 8 heteroatoms. The molecule has 3 aromatic rings. The van der Waals surface area contributed by atoms with Gasteiger partial charge in [-0.25, -0.2) is 4.79 Å². The third-order valence-electron chi connectivity index (χ3n) is 4.59. The van der Waals surface area contributed by atoms with Crippen molar-refractivity contribution in [1.82, 2.24) is 5.32 Å². The third-order valence-corrected chi connectivity index (χ3v) is 5.61. The van der Waals surface area contributed by atoms with E-state index in [9.17, 15) is 9.59 Å². The van der Waals surface area contributed by atoms with Gasteiger partial charge in [-0.05, 0) is 73.9 Å². The van der Waals surface area contributed by atoms with Crippen molar-refractivity contribution >= 4 is 52.4 Å². The molecule has 0 saturated carbocycles. The summed E-state index contributed by atoms with van der Waals surface area (Å²) in [7, 11) is 0. The van der Waals surface area contributed by atoms with Crippen molar-refractivity contribution in [3.8, 4) is 11.5 Å². The number of nitrogens with one attached hydrogen (secondary N) is 2. The highest BCUT2D eigenvalue weighted by Crippen LogP contribution is 2.40. The Bertz CT molecular complexity index is 1180. The van der Waals surface area contributed by atoms with Crippen LogP contribution in [-0.2, 0) is 0 Å². The number of ether oxygens (including phenoxy) is 1. The van der Waals surface area contributed by atoms with E-state index in [1.165, 1.54) is 6.07 Å². The number of hydrogen-bond acceptors (Lipinski definition) is 3. The summed E-state index contributed by atoms with van der Waals surface area (Å²) in [4.78, 5) is 24.6. The fourth-order valence-electron chi connectivity index (χ4n) is 2.91. The minimum atomic E-state index is -0.703. The first-order chi connectivity index (χ1) is 14.7. The van der Waals surface area contributed by atoms with Crippen LogP contribution in [0.1, 0.15) is 27.0 Å². The van der Waals surface area contributed by atoms with Gasteiger partial charge in [0, 0.05) is 10.7 Å². The fraction of sp³-hybridized carbons (Fsp3) is 0.130. The van der Waals surface area contributed by atoms with Crippen molar-refractivity contribution in [2.45, 2.75) is 20.8 Å². The Kier molecular flexibility index (Phi) is 7.11. The first-order valence-corrected chi connectivity index (χ1v) is 10.4. The molecule has 0 unspecified atom stereocenters. The largest absolute Gasteiger partial charge is 0.455 e. The van der Waals surface area contributed by atoms with Crippen LogP contribution in [0.15, 0.2) is 48.5 Å². The molecule has 0 fully saturated rings. The number of amides is 3. The molecule has 0 aromatic heterocycles. The van der Waals surface area contributed by atoms with Gasteiger partial charge in [-0.15, -0.1) is 0 Å². The number of urea groups is 1. The SMILES string of the molecule is Cc1cc(Cl)ccc1Oc1c(C)cc(NC(=O)NC(=O)c2ccccc2Cl)c(C)c1Cl. The Morgan fingerprint density at radius 2 is 1.61 bits per heavy atom. The van der Waals surface area contributed by atoms with Crippen LogP contribution in [0.4, 0.5) is 10.5 Å². The Labute approximate surface area is 195 Å². The molecule has 0 bridgehead atoms. The van der Waals surface area contributed by atoms with E-state index in [1.54, 1.807) is 49.4 Å². The van der Waals surface area contributed by atoms with Gasteiger partial charge >= 0.3 is 6.03 Å². The summed E-state index contributed by atoms with van der Waals surface area (Å²) in [5.41, 5.74) is 2.81. The highest BCUT2D eigenvalue weighted by molar-refractivity contribution is 6.34. The molecule has 0 heterocycles. The summed E-state index contributed by atoms with van der Waals surface area (Å²) in [6.07, 6.45) is 0. The zero-order chi connectivity index (χ0) is 22.7. The van der Waals surface area contributed by atoms with Gasteiger partial charge in [0.1, 0.15) is 11.5 Å². The highest BCUT2D eigenvalue weighted by atomic mass is 35.5. The molecular weight excluding hydrogens is 459 g/mol. The number of carbonyl (C=O) groups is 2. The van der Waals surface area contributed by atoms with Crippen molar-refractivity contribution in [3.05, 3.63) is 85.9 Å². The molecule has 0 atom stereocenters. The van der Waals surface area contributed by atoms with E-state index in [2.05, 4.69) is 10.6 Å². The summed E-state index contributed by atoms with van der Waals surface area (Å²) >= 11 is 18.5. The van der Waals surface area contributed by atoms with E-state index in [4.69, 9.17) is 39.5 Å². The predicted octanol–water partition coefficient (Wildman–Crippen LogP) is 7.33. The van der Waals surface area contributed by atoms with Crippen LogP contribution < -0.4 is 15.4 Å². The van der Waals surface area contributed by atoms with Gasteiger partial charge in [-0.2, -0.15) is 0 Å². The van der Waals surface area contributed by atoms with Crippen LogP contribution in [-0.4, -0.2) is 11.9 Å². The molecule has 0 spiro atoms. The van der Waals surface area contributed by atoms with E-state index in [-0.39, 0.29) is 10.6 Å². The smallest absolute Gasteiger partial charge is 0.326 e. The summed E-state index contributed by atoms with van der Waals surface area (Å²) in [6, 6.07) is 12.8. The van der Waals surface area contributed by atoms with Crippen molar-refractivity contribution in [3.63, 3.8) is 0 Å². The van der Waals surface area contributed by atoms with E-state index in [1.807, 2.05) is 13.8 Å². The number of carbonyl (C=O) groups excluding carboxylic acids is 2. The molecule has 3 amide bonds. The lowest BCUT2D eigenvalue weighted by atomic mass is 10.1. The van der Waals surface area contributed by atoms with Crippen LogP contribution in [0, 0.1) is 20.8 Å². The number of benzene rings is 3. The Balaban J connectivity index is 1.79. The summed E-state index contributed by atoms with van der Waals surface area (Å²) in [5.74, 6) is 0.488. The number of imide groups is 1. The van der Waals surface area contributed by atoms with Crippen molar-refractivity contribution in [1.29, 1.82) is 0 Å². The quantitative estimate of drug-likeness (QED) is 0.413. The molecule has 0 aliphatic heterocycles. The summed E-state index contributed by atoms with van der Waals surface area (Å²) in [6.45, 7) is 5.44. The Morgan fingerprint density at radius 3 is 2.29 bits per heavy atom. The number of anilines is 1. The lowest BCUT2D eigenvalue weighted by Crippen LogP contribution is -2.34. The van der Waals surface area contributed by atoms with Crippen LogP contribution >= 0.6 is 34.8 Å². The molecule has 0 aliphatic rings. The van der Waals surface area contributed by atoms with Crippen molar-refractivity contribution < 1.29 is 14.3 Å². The van der Waals surface area contributed by atoms with E-state index in [0.717, 1.165) is 5.56 Å². The second kappa shape index (κ2) is 9.60. The average molecular weight is 478 g/mol. The summed E-state index contributed by atoms with van der Waals surface area (Å²) in [5, 5.41) is 6.12. The summed E-state index contributed by atoms with van der Waals surface area (Å²) < 4.78 is 6.01. The average Bonchev–Trinajstić information content (AvgIpc) is 2.70. The van der Waals surface area contributed by atoms with Gasteiger partial charge in [0.2, 0.25) is 0 Å². The molecule has 0 radical (unpaired) electrons. The van der Waals surface area contributed by atoms with Gasteiger partial charge < -0.3 is 10.1 Å². The van der Waals surface area contributed by atoms with Gasteiger partial charge in [-0.3, -0.25) is 10.1 Å². The van der Waals surface area contributed by atoms with Gasteiger partial charge in [0.25, 0.3) is 5.91 Å². The zero-order valence-electron chi connectivity index (χ0n) is 17.0. The van der Waals surface area contributed by atoms with Gasteiger partial charge in [0.05, 0.1) is 15.6 Å². The Hall–Kier alpha value is -2.73. The second-order valence-corrected chi connectivity index (χ2v) is 8.13. The minimum Gasteiger partial charge on any atom is -0.455 e. The molecule has 31 heavy (non-hydrogen) atoms. The van der Waals surface area contributed by atoms with Crippen LogP contribution in [0.3, 0.4) is 0 Å². The molecule has 0 saturated heterocycles. The standard InChI is InChI=1S/C23H19Cl3N2O3/c1-12-10-15(24)8-9-19(12)31-21-13(2)11-18(14(3)20(21)26)27-23(30)28-22(29)16-6-4-5-7-17(16)25/h4-11H,1-3H3,(H2,27,28,29,30). The maximum Gasteiger partial charge on any atom is 0.326 e. The number of rotatable bonds is 4.